The van der Waals surface area contributed by atoms with Crippen LogP contribution in [0.5, 0.6) is 0 Å². The highest BCUT2D eigenvalue weighted by molar-refractivity contribution is 5.95. The third-order valence-electron chi connectivity index (χ3n) is 2.54. The second-order valence-electron chi connectivity index (χ2n) is 3.54. The van der Waals surface area contributed by atoms with Crippen LogP contribution in [0, 0.1) is 0 Å². The Hall–Kier alpha value is -1.72. The predicted molar refractivity (Wildman–Crippen MR) is 52.4 cm³/mol. The smallest absolute Gasteiger partial charge is 0.324 e. The minimum Gasteiger partial charge on any atom is -0.337 e. The third kappa shape index (κ3) is 1.03. The van der Waals surface area contributed by atoms with Crippen LogP contribution in [-0.4, -0.2) is 33.9 Å². The van der Waals surface area contributed by atoms with E-state index in [-0.39, 0.29) is 5.69 Å². The molecule has 14 heavy (non-hydrogen) atoms. The van der Waals surface area contributed by atoms with Gasteiger partial charge in [-0.05, 0) is 6.42 Å². The van der Waals surface area contributed by atoms with E-state index in [1.54, 1.807) is 0 Å². The van der Waals surface area contributed by atoms with Gasteiger partial charge in [-0.3, -0.25) is 9.98 Å². The normalized spacial score (nSPS) is 19.4. The molecule has 0 saturated carbocycles. The van der Waals surface area contributed by atoms with Crippen molar-refractivity contribution in [3.63, 3.8) is 0 Å². The second kappa shape index (κ2) is 2.63. The molecule has 0 unspecified atom stereocenters. The van der Waals surface area contributed by atoms with Gasteiger partial charge in [-0.2, -0.15) is 0 Å². The number of hydrogen-bond acceptors (Lipinski definition) is 4. The van der Waals surface area contributed by atoms with Gasteiger partial charge < -0.3 is 15.2 Å². The first-order valence-electron chi connectivity index (χ1n) is 4.70. The zero-order valence-electron chi connectivity index (χ0n) is 7.63. The Kier molecular flexibility index (Phi) is 1.44. The van der Waals surface area contributed by atoms with Gasteiger partial charge in [0.2, 0.25) is 0 Å². The molecule has 0 amide bonds. The van der Waals surface area contributed by atoms with E-state index in [4.69, 9.17) is 0 Å². The van der Waals surface area contributed by atoms with Crippen molar-refractivity contribution >= 4 is 11.8 Å². The van der Waals surface area contributed by atoms with Crippen LogP contribution in [0.25, 0.3) is 0 Å². The van der Waals surface area contributed by atoms with Gasteiger partial charge in [-0.1, -0.05) is 0 Å². The molecule has 0 aliphatic carbocycles. The quantitative estimate of drug-likeness (QED) is 0.529. The Balaban J connectivity index is 2.03. The number of H-pyrrole nitrogens is 2. The van der Waals surface area contributed by atoms with Crippen molar-refractivity contribution in [2.45, 2.75) is 13.0 Å². The summed E-state index contributed by atoms with van der Waals surface area (Å²) in [6.07, 6.45) is 1.08. The Bertz CT molecular complexity index is 443. The number of rotatable bonds is 0. The van der Waals surface area contributed by atoms with E-state index >= 15 is 0 Å². The predicted octanol–water partition coefficient (Wildman–Crippen LogP) is -0.310. The average molecular weight is 193 g/mol. The van der Waals surface area contributed by atoms with E-state index in [9.17, 15) is 4.79 Å². The third-order valence-corrected chi connectivity index (χ3v) is 2.54. The van der Waals surface area contributed by atoms with Crippen molar-refractivity contribution in [2.24, 2.45) is 4.99 Å². The molecular weight excluding hydrogens is 182 g/mol. The Labute approximate surface area is 80.0 Å². The van der Waals surface area contributed by atoms with Crippen LogP contribution in [-0.2, 0) is 6.54 Å². The molecule has 6 nitrogen and oxygen atoms in total. The largest absolute Gasteiger partial charge is 0.337 e. The van der Waals surface area contributed by atoms with E-state index in [2.05, 4.69) is 25.2 Å². The van der Waals surface area contributed by atoms with Gasteiger partial charge >= 0.3 is 5.69 Å². The van der Waals surface area contributed by atoms with Crippen LogP contribution in [0.1, 0.15) is 12.1 Å². The highest BCUT2D eigenvalue weighted by atomic mass is 16.1. The number of nitrogens with one attached hydrogen (secondary N) is 3. The van der Waals surface area contributed by atoms with Crippen molar-refractivity contribution in [2.75, 3.05) is 18.4 Å². The summed E-state index contributed by atoms with van der Waals surface area (Å²) in [5.41, 5.74) is 0.749. The van der Waals surface area contributed by atoms with Crippen molar-refractivity contribution in [3.05, 3.63) is 16.2 Å². The molecule has 0 atom stereocenters. The second-order valence-corrected chi connectivity index (χ2v) is 3.54. The Morgan fingerprint density at radius 1 is 1.36 bits per heavy atom. The summed E-state index contributed by atoms with van der Waals surface area (Å²) >= 11 is 0. The summed E-state index contributed by atoms with van der Waals surface area (Å²) < 4.78 is 0. The number of hydrogen-bond donors (Lipinski definition) is 3. The SMILES string of the molecule is O=c1[nH]c2c([nH]1)NC1=NCCCN1C2. The fourth-order valence-corrected chi connectivity index (χ4v) is 1.87. The van der Waals surface area contributed by atoms with E-state index in [1.165, 1.54) is 0 Å². The van der Waals surface area contributed by atoms with Crippen molar-refractivity contribution in [1.82, 2.24) is 14.9 Å². The number of nitrogens with zero attached hydrogens (tertiary/aromatic N) is 2. The van der Waals surface area contributed by atoms with Crippen LogP contribution >= 0.6 is 0 Å². The number of anilines is 1. The van der Waals surface area contributed by atoms with Crippen molar-refractivity contribution in [3.8, 4) is 0 Å². The highest BCUT2D eigenvalue weighted by Gasteiger charge is 2.24. The van der Waals surface area contributed by atoms with Gasteiger partial charge in [0, 0.05) is 13.1 Å². The monoisotopic (exact) mass is 193 g/mol. The van der Waals surface area contributed by atoms with Gasteiger partial charge in [0.05, 0.1) is 12.2 Å². The van der Waals surface area contributed by atoms with Crippen LogP contribution < -0.4 is 11.0 Å². The van der Waals surface area contributed by atoms with E-state index < -0.39 is 0 Å². The molecule has 0 aromatic carbocycles. The first-order chi connectivity index (χ1) is 6.83. The summed E-state index contributed by atoms with van der Waals surface area (Å²) in [5.74, 6) is 1.63. The van der Waals surface area contributed by atoms with Crippen LogP contribution in [0.3, 0.4) is 0 Å². The van der Waals surface area contributed by atoms with Crippen LogP contribution in [0.15, 0.2) is 9.79 Å². The molecule has 0 radical (unpaired) electrons. The van der Waals surface area contributed by atoms with E-state index in [0.29, 0.717) is 0 Å². The number of aromatic nitrogens is 2. The fraction of sp³-hybridized carbons (Fsp3) is 0.500. The fourth-order valence-electron chi connectivity index (χ4n) is 1.87. The lowest BCUT2D eigenvalue weighted by Crippen LogP contribution is -2.43. The Morgan fingerprint density at radius 2 is 2.29 bits per heavy atom. The van der Waals surface area contributed by atoms with Gasteiger partial charge in [0.1, 0.15) is 5.82 Å². The number of aromatic amines is 2. The number of fused-ring (bicyclic) bond motifs is 2. The van der Waals surface area contributed by atoms with Crippen LogP contribution in [0.2, 0.25) is 0 Å². The molecule has 74 valence electrons. The molecule has 3 heterocycles. The topological polar surface area (TPSA) is 76.3 Å². The molecule has 1 aromatic rings. The maximum absolute atomic E-state index is 11.1. The van der Waals surface area contributed by atoms with E-state index in [1.807, 2.05) is 0 Å². The standard InChI is InChI=1S/C8H11N5O/c14-8-10-5-4-13-3-1-2-9-7(13)11-6(5)12-8/h1-4H2,(H,9,11)(H2,10,12,14). The number of aliphatic imine (C=N–C) groups is 1. The summed E-state index contributed by atoms with van der Waals surface area (Å²) in [4.78, 5) is 23.0. The molecule has 0 fully saturated rings. The summed E-state index contributed by atoms with van der Waals surface area (Å²) in [6.45, 7) is 2.60. The first-order valence-corrected chi connectivity index (χ1v) is 4.70. The molecule has 0 spiro atoms. The highest BCUT2D eigenvalue weighted by Crippen LogP contribution is 2.19. The molecule has 2 aliphatic heterocycles. The molecular formula is C8H11N5O. The lowest BCUT2D eigenvalue weighted by molar-refractivity contribution is 0.378. The maximum atomic E-state index is 11.1. The van der Waals surface area contributed by atoms with Gasteiger partial charge in [0.15, 0.2) is 5.96 Å². The molecule has 3 rings (SSSR count). The van der Waals surface area contributed by atoms with Crippen LogP contribution in [0.4, 0.5) is 5.82 Å². The number of imidazole rings is 1. The minimum atomic E-state index is -0.164. The van der Waals surface area contributed by atoms with Crippen molar-refractivity contribution < 1.29 is 0 Å². The van der Waals surface area contributed by atoms with Gasteiger partial charge in [0.25, 0.3) is 0 Å². The minimum absolute atomic E-state index is 0.164. The summed E-state index contributed by atoms with van der Waals surface area (Å²) in [7, 11) is 0. The zero-order valence-corrected chi connectivity index (χ0v) is 7.63. The van der Waals surface area contributed by atoms with Crippen molar-refractivity contribution in [1.29, 1.82) is 0 Å². The molecule has 0 bridgehead atoms. The summed E-state index contributed by atoms with van der Waals surface area (Å²) in [6, 6.07) is 0. The average Bonchev–Trinajstić information content (AvgIpc) is 2.53. The molecule has 1 aromatic heterocycles. The summed E-state index contributed by atoms with van der Waals surface area (Å²) in [5, 5.41) is 3.11. The lowest BCUT2D eigenvalue weighted by atomic mass is 10.2. The number of guanidine groups is 1. The van der Waals surface area contributed by atoms with Gasteiger partial charge in [-0.25, -0.2) is 4.79 Å². The maximum Gasteiger partial charge on any atom is 0.324 e. The van der Waals surface area contributed by atoms with E-state index in [0.717, 1.165) is 43.5 Å². The first kappa shape index (κ1) is 7.66. The lowest BCUT2D eigenvalue weighted by Gasteiger charge is -2.32. The molecule has 2 aliphatic rings. The molecule has 0 saturated heterocycles. The van der Waals surface area contributed by atoms with Gasteiger partial charge in [-0.15, -0.1) is 0 Å². The Morgan fingerprint density at radius 3 is 3.21 bits per heavy atom. The molecule has 6 heteroatoms. The molecule has 3 N–H and O–H groups in total. The zero-order chi connectivity index (χ0) is 9.54.